The van der Waals surface area contributed by atoms with Gasteiger partial charge in [-0.05, 0) is 12.1 Å². The standard InChI is InChI=1S/C13H11NO3/c15-11-5-1-3-9-7-8-10(14-13(9)11)4-2-6-12(16)17/h1-3,5-8,15H,4H2,(H,16,17). The molecule has 1 aromatic carbocycles. The normalized spacial score (nSPS) is 11.1. The number of allylic oxidation sites excluding steroid dienone is 1. The van der Waals surface area contributed by atoms with Gasteiger partial charge in [-0.15, -0.1) is 0 Å². The molecule has 0 saturated heterocycles. The summed E-state index contributed by atoms with van der Waals surface area (Å²) in [6, 6.07) is 8.86. The summed E-state index contributed by atoms with van der Waals surface area (Å²) in [5.74, 6) is -0.847. The number of aromatic nitrogens is 1. The monoisotopic (exact) mass is 229 g/mol. The molecule has 0 fully saturated rings. The fourth-order valence-electron chi connectivity index (χ4n) is 1.57. The molecule has 2 rings (SSSR count). The van der Waals surface area contributed by atoms with Crippen LogP contribution in [-0.4, -0.2) is 21.2 Å². The molecule has 4 heteroatoms. The van der Waals surface area contributed by atoms with Crippen LogP contribution in [0.25, 0.3) is 10.9 Å². The van der Waals surface area contributed by atoms with Gasteiger partial charge in [0.15, 0.2) is 0 Å². The summed E-state index contributed by atoms with van der Waals surface area (Å²) in [5.41, 5.74) is 1.25. The number of hydrogen-bond acceptors (Lipinski definition) is 3. The molecule has 17 heavy (non-hydrogen) atoms. The summed E-state index contributed by atoms with van der Waals surface area (Å²) in [5, 5.41) is 19.0. The lowest BCUT2D eigenvalue weighted by molar-refractivity contribution is -0.131. The molecule has 0 atom stereocenters. The van der Waals surface area contributed by atoms with Crippen LogP contribution in [0.4, 0.5) is 0 Å². The number of rotatable bonds is 3. The molecular weight excluding hydrogens is 218 g/mol. The predicted molar refractivity (Wildman–Crippen MR) is 63.9 cm³/mol. The zero-order valence-corrected chi connectivity index (χ0v) is 9.00. The Hall–Kier alpha value is -2.36. The topological polar surface area (TPSA) is 70.4 Å². The second-order valence-electron chi connectivity index (χ2n) is 3.60. The second kappa shape index (κ2) is 4.65. The number of phenolic OH excluding ortho intramolecular Hbond substituents is 1. The quantitative estimate of drug-likeness (QED) is 0.791. The molecule has 0 aliphatic heterocycles. The Bertz CT molecular complexity index is 590. The van der Waals surface area contributed by atoms with E-state index >= 15 is 0 Å². The zero-order chi connectivity index (χ0) is 12.3. The van der Waals surface area contributed by atoms with E-state index in [9.17, 15) is 9.90 Å². The van der Waals surface area contributed by atoms with Crippen molar-refractivity contribution in [2.24, 2.45) is 0 Å². The number of para-hydroxylation sites is 1. The van der Waals surface area contributed by atoms with E-state index in [2.05, 4.69) is 4.98 Å². The number of aromatic hydroxyl groups is 1. The molecule has 4 nitrogen and oxygen atoms in total. The van der Waals surface area contributed by atoms with Crippen LogP contribution in [0.2, 0.25) is 0 Å². The SMILES string of the molecule is O=C(O)C=CCc1ccc2cccc(O)c2n1. The van der Waals surface area contributed by atoms with Crippen LogP contribution in [-0.2, 0) is 11.2 Å². The Morgan fingerprint density at radius 2 is 2.12 bits per heavy atom. The van der Waals surface area contributed by atoms with Gasteiger partial charge in [0.25, 0.3) is 0 Å². The second-order valence-corrected chi connectivity index (χ2v) is 3.60. The molecule has 0 unspecified atom stereocenters. The summed E-state index contributed by atoms with van der Waals surface area (Å²) < 4.78 is 0. The van der Waals surface area contributed by atoms with E-state index in [1.54, 1.807) is 12.1 Å². The number of fused-ring (bicyclic) bond motifs is 1. The molecule has 0 aliphatic rings. The summed E-state index contributed by atoms with van der Waals surface area (Å²) in [6.45, 7) is 0. The number of carboxylic acid groups (broad SMARTS) is 1. The maximum Gasteiger partial charge on any atom is 0.327 e. The Balaban J connectivity index is 2.31. The van der Waals surface area contributed by atoms with E-state index in [1.807, 2.05) is 18.2 Å². The number of phenols is 1. The van der Waals surface area contributed by atoms with Crippen LogP contribution >= 0.6 is 0 Å². The minimum absolute atomic E-state index is 0.131. The fraction of sp³-hybridized carbons (Fsp3) is 0.0769. The number of pyridine rings is 1. The van der Waals surface area contributed by atoms with E-state index in [0.29, 0.717) is 11.9 Å². The van der Waals surface area contributed by atoms with E-state index < -0.39 is 5.97 Å². The Morgan fingerprint density at radius 1 is 1.29 bits per heavy atom. The summed E-state index contributed by atoms with van der Waals surface area (Å²) in [7, 11) is 0. The average molecular weight is 229 g/mol. The van der Waals surface area contributed by atoms with Crippen molar-refractivity contribution < 1.29 is 15.0 Å². The van der Waals surface area contributed by atoms with Gasteiger partial charge in [-0.2, -0.15) is 0 Å². The first kappa shape index (κ1) is 11.1. The van der Waals surface area contributed by atoms with Gasteiger partial charge in [0, 0.05) is 23.6 Å². The van der Waals surface area contributed by atoms with E-state index in [4.69, 9.17) is 5.11 Å². The van der Waals surface area contributed by atoms with Crippen LogP contribution in [0.3, 0.4) is 0 Å². The highest BCUT2D eigenvalue weighted by atomic mass is 16.4. The first-order chi connectivity index (χ1) is 8.16. The van der Waals surface area contributed by atoms with Crippen LogP contribution in [0.15, 0.2) is 42.5 Å². The molecule has 1 aromatic heterocycles. The predicted octanol–water partition coefficient (Wildman–Crippen LogP) is 2.12. The van der Waals surface area contributed by atoms with Crippen molar-refractivity contribution in [3.05, 3.63) is 48.2 Å². The van der Waals surface area contributed by atoms with Crippen LogP contribution < -0.4 is 0 Å². The number of carbonyl (C=O) groups is 1. The van der Waals surface area contributed by atoms with Crippen molar-refractivity contribution in [1.82, 2.24) is 4.98 Å². The molecule has 0 amide bonds. The smallest absolute Gasteiger partial charge is 0.327 e. The first-order valence-corrected chi connectivity index (χ1v) is 5.14. The average Bonchev–Trinajstić information content (AvgIpc) is 2.30. The van der Waals surface area contributed by atoms with Crippen molar-refractivity contribution in [2.75, 3.05) is 0 Å². The van der Waals surface area contributed by atoms with Crippen molar-refractivity contribution in [3.8, 4) is 5.75 Å². The lowest BCUT2D eigenvalue weighted by atomic mass is 10.1. The summed E-state index contributed by atoms with van der Waals surface area (Å²) in [6.07, 6.45) is 3.03. The molecule has 86 valence electrons. The summed E-state index contributed by atoms with van der Waals surface area (Å²) >= 11 is 0. The number of hydrogen-bond donors (Lipinski definition) is 2. The molecule has 0 spiro atoms. The highest BCUT2D eigenvalue weighted by Crippen LogP contribution is 2.22. The molecule has 0 saturated carbocycles. The van der Waals surface area contributed by atoms with Gasteiger partial charge < -0.3 is 10.2 Å². The minimum atomic E-state index is -0.978. The molecule has 1 heterocycles. The molecule has 2 aromatic rings. The van der Waals surface area contributed by atoms with E-state index in [0.717, 1.165) is 17.2 Å². The van der Waals surface area contributed by atoms with Gasteiger partial charge in [-0.3, -0.25) is 0 Å². The number of carboxylic acids is 1. The van der Waals surface area contributed by atoms with Crippen molar-refractivity contribution in [1.29, 1.82) is 0 Å². The minimum Gasteiger partial charge on any atom is -0.506 e. The number of benzene rings is 1. The third-order valence-electron chi connectivity index (χ3n) is 2.34. The van der Waals surface area contributed by atoms with Crippen LogP contribution in [0.1, 0.15) is 5.69 Å². The molecule has 2 N–H and O–H groups in total. The van der Waals surface area contributed by atoms with Crippen LogP contribution in [0, 0.1) is 0 Å². The lowest BCUT2D eigenvalue weighted by Gasteiger charge is -2.02. The fourth-order valence-corrected chi connectivity index (χ4v) is 1.57. The van der Waals surface area contributed by atoms with Gasteiger partial charge in [0.2, 0.25) is 0 Å². The number of aliphatic carboxylic acids is 1. The third-order valence-corrected chi connectivity index (χ3v) is 2.34. The van der Waals surface area contributed by atoms with Gasteiger partial charge in [-0.1, -0.05) is 24.3 Å². The van der Waals surface area contributed by atoms with Crippen LogP contribution in [0.5, 0.6) is 5.75 Å². The highest BCUT2D eigenvalue weighted by molar-refractivity contribution is 5.84. The Morgan fingerprint density at radius 3 is 2.88 bits per heavy atom. The summed E-state index contributed by atoms with van der Waals surface area (Å²) in [4.78, 5) is 14.6. The molecule has 0 radical (unpaired) electrons. The highest BCUT2D eigenvalue weighted by Gasteiger charge is 2.01. The van der Waals surface area contributed by atoms with E-state index in [-0.39, 0.29) is 5.75 Å². The number of nitrogens with zero attached hydrogens (tertiary/aromatic N) is 1. The largest absolute Gasteiger partial charge is 0.506 e. The van der Waals surface area contributed by atoms with Gasteiger partial charge >= 0.3 is 5.97 Å². The van der Waals surface area contributed by atoms with Crippen molar-refractivity contribution >= 4 is 16.9 Å². The molecule has 0 bridgehead atoms. The van der Waals surface area contributed by atoms with Gasteiger partial charge in [-0.25, -0.2) is 9.78 Å². The van der Waals surface area contributed by atoms with E-state index in [1.165, 1.54) is 6.08 Å². The Kier molecular flexibility index (Phi) is 3.05. The van der Waals surface area contributed by atoms with Crippen molar-refractivity contribution in [2.45, 2.75) is 6.42 Å². The first-order valence-electron chi connectivity index (χ1n) is 5.14. The molecular formula is C13H11NO3. The lowest BCUT2D eigenvalue weighted by Crippen LogP contribution is -1.91. The van der Waals surface area contributed by atoms with Gasteiger partial charge in [0.05, 0.1) is 0 Å². The van der Waals surface area contributed by atoms with Crippen molar-refractivity contribution in [3.63, 3.8) is 0 Å². The third kappa shape index (κ3) is 2.60. The maximum atomic E-state index is 10.3. The van der Waals surface area contributed by atoms with Gasteiger partial charge in [0.1, 0.15) is 11.3 Å². The maximum absolute atomic E-state index is 10.3. The Labute approximate surface area is 97.9 Å². The zero-order valence-electron chi connectivity index (χ0n) is 9.00. The molecule has 0 aliphatic carbocycles.